The molecule has 14 heteroatoms. The minimum Gasteiger partial charge on any atom is -0.394 e. The number of aryl methyl sites for hydroxylation is 1. The van der Waals surface area contributed by atoms with Crippen molar-refractivity contribution in [2.45, 2.75) is 43.1 Å². The van der Waals surface area contributed by atoms with Crippen LogP contribution < -0.4 is 5.73 Å². The third-order valence-electron chi connectivity index (χ3n) is 4.87. The highest BCUT2D eigenvalue weighted by molar-refractivity contribution is 5.73. The molecule has 0 aliphatic carbocycles. The normalized spacial score (nSPS) is 12.4. The molecule has 1 aromatic heterocycles. The number of amides is 1. The van der Waals surface area contributed by atoms with Crippen molar-refractivity contribution in [3.8, 4) is 0 Å². The third kappa shape index (κ3) is 9.95. The van der Waals surface area contributed by atoms with Crippen molar-refractivity contribution in [2.24, 2.45) is 5.73 Å². The lowest BCUT2D eigenvalue weighted by Gasteiger charge is -2.35. The van der Waals surface area contributed by atoms with Gasteiger partial charge in [0.15, 0.2) is 0 Å². The third-order valence-corrected chi connectivity index (χ3v) is 4.87. The van der Waals surface area contributed by atoms with E-state index in [0.717, 1.165) is 0 Å². The first-order valence-electron chi connectivity index (χ1n) is 10.6. The van der Waals surface area contributed by atoms with Gasteiger partial charge in [0.25, 0.3) is 0 Å². The van der Waals surface area contributed by atoms with Crippen molar-refractivity contribution in [1.82, 2.24) is 15.0 Å². The van der Waals surface area contributed by atoms with Gasteiger partial charge in [-0.25, -0.2) is 4.68 Å². The Kier molecular flexibility index (Phi) is 14.2. The van der Waals surface area contributed by atoms with Gasteiger partial charge >= 0.3 is 0 Å². The highest BCUT2D eigenvalue weighted by Gasteiger charge is 2.38. The molecule has 0 aliphatic heterocycles. The summed E-state index contributed by atoms with van der Waals surface area (Å²) in [5.41, 5.74) is 4.40. The summed E-state index contributed by atoms with van der Waals surface area (Å²) in [6, 6.07) is 0. The molecule has 14 nitrogen and oxygen atoms in total. The average Bonchev–Trinajstić information content (AvgIpc) is 3.29. The number of carbonyl (C=O) groups excluding carboxylic acids is 1. The number of hydrogen-bond acceptors (Lipinski definition) is 12. The lowest BCUT2D eigenvalue weighted by molar-refractivity contribution is -0.137. The molecule has 0 saturated heterocycles. The van der Waals surface area contributed by atoms with Gasteiger partial charge in [0, 0.05) is 12.6 Å². The predicted molar refractivity (Wildman–Crippen MR) is 112 cm³/mol. The fourth-order valence-corrected chi connectivity index (χ4v) is 2.72. The Hall–Kier alpha value is -1.75. The number of nitrogens with zero attached hydrogens (tertiary/aromatic N) is 3. The summed E-state index contributed by atoms with van der Waals surface area (Å²) in [5.74, 6) is -0.441. The van der Waals surface area contributed by atoms with Crippen molar-refractivity contribution >= 4 is 5.91 Å². The highest BCUT2D eigenvalue weighted by Crippen LogP contribution is 2.22. The van der Waals surface area contributed by atoms with Crippen molar-refractivity contribution in [3.05, 3.63) is 11.9 Å². The maximum atomic E-state index is 11.0. The molecule has 0 saturated carbocycles. The second-order valence-electron chi connectivity index (χ2n) is 7.59. The van der Waals surface area contributed by atoms with Crippen LogP contribution in [0.5, 0.6) is 0 Å². The fraction of sp³-hybridized carbons (Fsp3) is 0.842. The number of hydrogen-bond donors (Lipinski definition) is 7. The van der Waals surface area contributed by atoms with Crippen LogP contribution in [0.3, 0.4) is 0 Å². The lowest BCUT2D eigenvalue weighted by atomic mass is 10.0. The monoisotopic (exact) mass is 480 g/mol. The summed E-state index contributed by atoms with van der Waals surface area (Å²) < 4.78 is 18.2. The molecule has 1 rings (SSSR count). The Labute approximate surface area is 191 Å². The molecule has 0 bridgehead atoms. The topological polar surface area (TPSA) is 223 Å². The molecule has 0 atom stereocenters. The van der Waals surface area contributed by atoms with Crippen LogP contribution in [-0.4, -0.2) is 129 Å². The van der Waals surface area contributed by atoms with Gasteiger partial charge < -0.3 is 50.6 Å². The van der Waals surface area contributed by atoms with Crippen molar-refractivity contribution in [2.75, 3.05) is 59.5 Å². The van der Waals surface area contributed by atoms with Gasteiger partial charge in [-0.05, 0) is 12.8 Å². The minimum atomic E-state index is -1.29. The van der Waals surface area contributed by atoms with E-state index in [1.165, 1.54) is 4.68 Å². The van der Waals surface area contributed by atoms with Gasteiger partial charge in [0.2, 0.25) is 5.91 Å². The molecule has 0 fully saturated rings. The zero-order valence-electron chi connectivity index (χ0n) is 18.5. The number of nitrogens with two attached hydrogens (primary N) is 1. The molecule has 192 valence electrons. The Morgan fingerprint density at radius 1 is 0.879 bits per heavy atom. The maximum absolute atomic E-state index is 11.0. The summed E-state index contributed by atoms with van der Waals surface area (Å²) in [7, 11) is 0. The van der Waals surface area contributed by atoms with Crippen LogP contribution >= 0.6 is 0 Å². The van der Waals surface area contributed by atoms with Crippen molar-refractivity contribution < 1.29 is 49.6 Å². The van der Waals surface area contributed by atoms with E-state index in [9.17, 15) is 35.4 Å². The second kappa shape index (κ2) is 16.0. The van der Waals surface area contributed by atoms with E-state index < -0.39 is 69.4 Å². The summed E-state index contributed by atoms with van der Waals surface area (Å²) >= 11 is 0. The van der Waals surface area contributed by atoms with Crippen LogP contribution in [0.25, 0.3) is 0 Å². The first kappa shape index (κ1) is 29.3. The van der Waals surface area contributed by atoms with Crippen LogP contribution in [0.2, 0.25) is 0 Å². The van der Waals surface area contributed by atoms with Crippen LogP contribution in [0.1, 0.15) is 18.5 Å². The minimum absolute atomic E-state index is 0.172. The molecule has 0 aliphatic rings. The number of aromatic nitrogens is 3. The van der Waals surface area contributed by atoms with E-state index in [0.29, 0.717) is 18.5 Å². The smallest absolute Gasteiger partial charge is 0.217 e. The Balaban J connectivity index is 3.22. The predicted octanol–water partition coefficient (Wildman–Crippen LogP) is -4.11. The molecule has 0 radical (unpaired) electrons. The van der Waals surface area contributed by atoms with Gasteiger partial charge in [-0.3, -0.25) is 4.79 Å². The maximum Gasteiger partial charge on any atom is 0.217 e. The van der Waals surface area contributed by atoms with E-state index in [1.807, 2.05) is 0 Å². The van der Waals surface area contributed by atoms with E-state index in [1.54, 1.807) is 6.20 Å². The van der Waals surface area contributed by atoms with Gasteiger partial charge in [-0.1, -0.05) is 5.21 Å². The molecule has 1 aromatic rings. The van der Waals surface area contributed by atoms with Gasteiger partial charge in [0.05, 0.1) is 65.2 Å². The molecule has 0 aromatic carbocycles. The van der Waals surface area contributed by atoms with E-state index in [2.05, 4.69) is 10.3 Å². The van der Waals surface area contributed by atoms with Gasteiger partial charge in [0.1, 0.15) is 23.9 Å². The van der Waals surface area contributed by atoms with Crippen molar-refractivity contribution in [1.29, 1.82) is 0 Å². The average molecular weight is 481 g/mol. The number of aliphatic hydroxyl groups is 6. The Morgan fingerprint density at radius 2 is 1.30 bits per heavy atom. The van der Waals surface area contributed by atoms with Crippen LogP contribution in [0, 0.1) is 0 Å². The summed E-state index contributed by atoms with van der Waals surface area (Å²) in [4.78, 5) is 11.0. The largest absolute Gasteiger partial charge is 0.394 e. The zero-order chi connectivity index (χ0) is 24.7. The summed E-state index contributed by atoms with van der Waals surface area (Å²) in [5, 5.41) is 64.4. The molecule has 1 heterocycles. The number of ether oxygens (including phenoxy) is 3. The molecule has 8 N–H and O–H groups in total. The highest BCUT2D eigenvalue weighted by atomic mass is 16.5. The molecule has 0 spiro atoms. The molecule has 1 amide bonds. The Morgan fingerprint density at radius 3 is 1.67 bits per heavy atom. The van der Waals surface area contributed by atoms with Crippen LogP contribution in [-0.2, 0) is 31.0 Å². The quantitative estimate of drug-likeness (QED) is 0.0945. The lowest BCUT2D eigenvalue weighted by Crippen LogP contribution is -2.51. The van der Waals surface area contributed by atoms with E-state index in [-0.39, 0.29) is 26.2 Å². The standard InChI is InChI=1S/C19H36N4O10/c20-18(30)3-1-2-14-4-23(22-21-14)19(11-31-15(5-24)6-25,12-32-16(7-26)8-27)13-33-17(9-28)10-29/h4,15-17,24-29H,1-3,5-13H2,(H2,20,30). The molecule has 0 unspecified atom stereocenters. The number of aliphatic hydroxyl groups excluding tert-OH is 6. The van der Waals surface area contributed by atoms with E-state index in [4.69, 9.17) is 19.9 Å². The fourth-order valence-electron chi connectivity index (χ4n) is 2.72. The van der Waals surface area contributed by atoms with Crippen LogP contribution in [0.15, 0.2) is 6.20 Å². The van der Waals surface area contributed by atoms with E-state index >= 15 is 0 Å². The SMILES string of the molecule is NC(=O)CCCc1cn(C(COC(CO)CO)(COC(CO)CO)COC(CO)CO)nn1. The number of primary amides is 1. The number of carbonyl (C=O) groups is 1. The summed E-state index contributed by atoms with van der Waals surface area (Å²) in [6.07, 6.45) is -0.142. The zero-order valence-corrected chi connectivity index (χ0v) is 18.5. The Bertz CT molecular complexity index is 609. The van der Waals surface area contributed by atoms with Crippen LogP contribution in [0.4, 0.5) is 0 Å². The van der Waals surface area contributed by atoms with Gasteiger partial charge in [-0.2, -0.15) is 0 Å². The first-order chi connectivity index (χ1) is 15.9. The molecular formula is C19H36N4O10. The molecule has 33 heavy (non-hydrogen) atoms. The second-order valence-corrected chi connectivity index (χ2v) is 7.59. The molecular weight excluding hydrogens is 444 g/mol. The first-order valence-corrected chi connectivity index (χ1v) is 10.6. The van der Waals surface area contributed by atoms with Gasteiger partial charge in [-0.15, -0.1) is 5.10 Å². The van der Waals surface area contributed by atoms with Crippen molar-refractivity contribution in [3.63, 3.8) is 0 Å². The number of rotatable bonds is 20. The summed E-state index contributed by atoms with van der Waals surface area (Å²) in [6.45, 7) is -3.41.